The number of nitrogens with one attached hydrogen (secondary N) is 1. The van der Waals surface area contributed by atoms with Gasteiger partial charge in [-0.05, 0) is 12.1 Å². The van der Waals surface area contributed by atoms with Crippen LogP contribution in [-0.2, 0) is 9.53 Å². The number of carbonyl (C=O) groups excluding carboxylic acids is 2. The van der Waals surface area contributed by atoms with Crippen molar-refractivity contribution in [2.24, 2.45) is 0 Å². The molecule has 0 atom stereocenters. The molecule has 15 heavy (non-hydrogen) atoms. The smallest absolute Gasteiger partial charge is 0.414 e. The number of hydrogen-bond acceptors (Lipinski definition) is 3. The quantitative estimate of drug-likeness (QED) is 0.694. The summed E-state index contributed by atoms with van der Waals surface area (Å²) in [7, 11) is 1.29. The van der Waals surface area contributed by atoms with Crippen LogP contribution in [0.2, 0.25) is 0 Å². The van der Waals surface area contributed by atoms with Crippen molar-refractivity contribution in [2.75, 3.05) is 23.9 Å². The van der Waals surface area contributed by atoms with Crippen LogP contribution in [0.1, 0.15) is 0 Å². The summed E-state index contributed by atoms with van der Waals surface area (Å²) >= 11 is 0. The minimum Gasteiger partial charge on any atom is -0.452 e. The van der Waals surface area contributed by atoms with E-state index < -0.39 is 6.09 Å². The molecule has 0 unspecified atom stereocenters. The fourth-order valence-corrected chi connectivity index (χ4v) is 1.51. The van der Waals surface area contributed by atoms with Crippen molar-refractivity contribution < 1.29 is 14.3 Å². The average Bonchev–Trinajstić information content (AvgIpc) is 2.26. The fourth-order valence-electron chi connectivity index (χ4n) is 1.51. The van der Waals surface area contributed by atoms with Crippen molar-refractivity contribution in [1.82, 2.24) is 0 Å². The van der Waals surface area contributed by atoms with Crippen molar-refractivity contribution in [1.29, 1.82) is 0 Å². The van der Waals surface area contributed by atoms with E-state index in [0.29, 0.717) is 11.4 Å². The zero-order valence-corrected chi connectivity index (χ0v) is 8.19. The standard InChI is InChI=1S/C10H10N2O3/c1-15-10(14)12-6-9(13)11-7-4-2-3-5-8(7)12/h2-5H,6H2,1H3,(H,11,13). The summed E-state index contributed by atoms with van der Waals surface area (Å²) in [6, 6.07) is 7.08. The highest BCUT2D eigenvalue weighted by Gasteiger charge is 2.26. The number of hydrogen-bond donors (Lipinski definition) is 1. The number of nitrogens with zero attached hydrogens (tertiary/aromatic N) is 1. The maximum absolute atomic E-state index is 11.4. The molecule has 2 amide bonds. The second-order valence-corrected chi connectivity index (χ2v) is 3.12. The van der Waals surface area contributed by atoms with E-state index in [1.165, 1.54) is 12.0 Å². The van der Waals surface area contributed by atoms with Crippen LogP contribution in [0.4, 0.5) is 16.2 Å². The molecule has 0 spiro atoms. The van der Waals surface area contributed by atoms with E-state index in [4.69, 9.17) is 0 Å². The predicted octanol–water partition coefficient (Wildman–Crippen LogP) is 1.21. The van der Waals surface area contributed by atoms with Gasteiger partial charge in [-0.3, -0.25) is 9.69 Å². The predicted molar refractivity (Wildman–Crippen MR) is 54.8 cm³/mol. The Morgan fingerprint density at radius 3 is 2.93 bits per heavy atom. The van der Waals surface area contributed by atoms with Gasteiger partial charge < -0.3 is 10.1 Å². The zero-order chi connectivity index (χ0) is 10.8. The maximum atomic E-state index is 11.4. The number of ether oxygens (including phenoxy) is 1. The average molecular weight is 206 g/mol. The zero-order valence-electron chi connectivity index (χ0n) is 8.19. The van der Waals surface area contributed by atoms with E-state index in [-0.39, 0.29) is 12.5 Å². The van der Waals surface area contributed by atoms with Crippen molar-refractivity contribution >= 4 is 23.4 Å². The first-order chi connectivity index (χ1) is 7.22. The Bertz CT molecular complexity index is 417. The normalized spacial score (nSPS) is 14.2. The van der Waals surface area contributed by atoms with Crippen LogP contribution < -0.4 is 10.2 Å². The first kappa shape index (κ1) is 9.51. The number of rotatable bonds is 0. The van der Waals surface area contributed by atoms with Crippen LogP contribution in [0.25, 0.3) is 0 Å². The van der Waals surface area contributed by atoms with E-state index in [1.54, 1.807) is 24.3 Å². The van der Waals surface area contributed by atoms with E-state index in [0.717, 1.165) is 0 Å². The molecule has 0 fully saturated rings. The van der Waals surface area contributed by atoms with Gasteiger partial charge in [0.15, 0.2) is 0 Å². The van der Waals surface area contributed by atoms with Gasteiger partial charge >= 0.3 is 6.09 Å². The van der Waals surface area contributed by atoms with Crippen molar-refractivity contribution in [3.63, 3.8) is 0 Å². The second-order valence-electron chi connectivity index (χ2n) is 3.12. The minimum absolute atomic E-state index is 0.0102. The Morgan fingerprint density at radius 2 is 2.20 bits per heavy atom. The summed E-state index contributed by atoms with van der Waals surface area (Å²) in [6.07, 6.45) is -0.530. The van der Waals surface area contributed by atoms with Crippen LogP contribution in [0.5, 0.6) is 0 Å². The van der Waals surface area contributed by atoms with E-state index >= 15 is 0 Å². The molecule has 0 aliphatic carbocycles. The molecule has 0 saturated carbocycles. The molecule has 1 aliphatic heterocycles. The molecule has 0 aromatic heterocycles. The van der Waals surface area contributed by atoms with Crippen molar-refractivity contribution in [2.45, 2.75) is 0 Å². The third kappa shape index (κ3) is 1.63. The van der Waals surface area contributed by atoms with E-state index in [1.807, 2.05) is 0 Å². The molecule has 5 nitrogen and oxygen atoms in total. The summed E-state index contributed by atoms with van der Waals surface area (Å²) in [4.78, 5) is 24.0. The summed E-state index contributed by atoms with van der Waals surface area (Å²) in [5.41, 5.74) is 1.28. The molecule has 0 radical (unpaired) electrons. The highest BCUT2D eigenvalue weighted by Crippen LogP contribution is 2.28. The monoisotopic (exact) mass is 206 g/mol. The summed E-state index contributed by atoms with van der Waals surface area (Å²) in [6.45, 7) is -0.0102. The molecule has 0 saturated heterocycles. The minimum atomic E-state index is -0.530. The molecule has 0 bridgehead atoms. The number of amides is 2. The topological polar surface area (TPSA) is 58.6 Å². The molecule has 5 heteroatoms. The number of fused-ring (bicyclic) bond motifs is 1. The van der Waals surface area contributed by atoms with Crippen LogP contribution >= 0.6 is 0 Å². The Hall–Kier alpha value is -2.04. The lowest BCUT2D eigenvalue weighted by Crippen LogP contribution is -2.42. The number of anilines is 2. The first-order valence-corrected chi connectivity index (χ1v) is 4.46. The largest absolute Gasteiger partial charge is 0.452 e. The molecule has 78 valence electrons. The lowest BCUT2D eigenvalue weighted by Gasteiger charge is -2.27. The van der Waals surface area contributed by atoms with Gasteiger partial charge in [0.05, 0.1) is 18.5 Å². The Kier molecular flexibility index (Phi) is 2.29. The Labute approximate surface area is 86.6 Å². The lowest BCUT2D eigenvalue weighted by atomic mass is 10.2. The first-order valence-electron chi connectivity index (χ1n) is 4.46. The molecular weight excluding hydrogens is 196 g/mol. The van der Waals surface area contributed by atoms with Gasteiger partial charge in [0.1, 0.15) is 6.54 Å². The molecule has 1 heterocycles. The number of carbonyl (C=O) groups is 2. The van der Waals surface area contributed by atoms with Crippen LogP contribution in [-0.4, -0.2) is 25.7 Å². The van der Waals surface area contributed by atoms with Gasteiger partial charge in [0, 0.05) is 0 Å². The van der Waals surface area contributed by atoms with Gasteiger partial charge in [0.25, 0.3) is 0 Å². The third-order valence-electron chi connectivity index (χ3n) is 2.17. The molecule has 1 N–H and O–H groups in total. The van der Waals surface area contributed by atoms with Gasteiger partial charge in [0.2, 0.25) is 5.91 Å². The Morgan fingerprint density at radius 1 is 1.47 bits per heavy atom. The summed E-state index contributed by atoms with van der Waals surface area (Å²) in [5.74, 6) is -0.223. The fraction of sp³-hybridized carbons (Fsp3) is 0.200. The van der Waals surface area contributed by atoms with Crippen molar-refractivity contribution in [3.05, 3.63) is 24.3 Å². The third-order valence-corrected chi connectivity index (χ3v) is 2.17. The van der Waals surface area contributed by atoms with Gasteiger partial charge in [-0.2, -0.15) is 0 Å². The number of para-hydroxylation sites is 2. The van der Waals surface area contributed by atoms with Gasteiger partial charge in [-0.1, -0.05) is 12.1 Å². The van der Waals surface area contributed by atoms with E-state index in [9.17, 15) is 9.59 Å². The molecule has 1 aliphatic rings. The van der Waals surface area contributed by atoms with E-state index in [2.05, 4.69) is 10.1 Å². The highest BCUT2D eigenvalue weighted by atomic mass is 16.5. The molecule has 1 aromatic rings. The van der Waals surface area contributed by atoms with Crippen LogP contribution in [0, 0.1) is 0 Å². The molecular formula is C10H10N2O3. The summed E-state index contributed by atoms with van der Waals surface area (Å²) < 4.78 is 4.60. The molecule has 1 aromatic carbocycles. The van der Waals surface area contributed by atoms with Gasteiger partial charge in [-0.15, -0.1) is 0 Å². The lowest BCUT2D eigenvalue weighted by molar-refractivity contribution is -0.115. The molecule has 2 rings (SSSR count). The second kappa shape index (κ2) is 3.61. The Balaban J connectivity index is 2.42. The number of benzene rings is 1. The van der Waals surface area contributed by atoms with Crippen LogP contribution in [0.3, 0.4) is 0 Å². The highest BCUT2D eigenvalue weighted by molar-refractivity contribution is 6.08. The summed E-state index contributed by atoms with van der Waals surface area (Å²) in [5, 5.41) is 2.68. The van der Waals surface area contributed by atoms with Gasteiger partial charge in [-0.25, -0.2) is 4.79 Å². The number of methoxy groups -OCH3 is 1. The SMILES string of the molecule is COC(=O)N1CC(=O)Nc2ccccc21. The van der Waals surface area contributed by atoms with Crippen LogP contribution in [0.15, 0.2) is 24.3 Å². The van der Waals surface area contributed by atoms with Crippen molar-refractivity contribution in [3.8, 4) is 0 Å². The maximum Gasteiger partial charge on any atom is 0.414 e.